The van der Waals surface area contributed by atoms with Crippen molar-refractivity contribution < 1.29 is 4.39 Å². The van der Waals surface area contributed by atoms with Crippen molar-refractivity contribution in [3.05, 3.63) is 78.9 Å². The second-order valence-corrected chi connectivity index (χ2v) is 6.49. The van der Waals surface area contributed by atoms with Gasteiger partial charge in [-0.3, -0.25) is 4.98 Å². The van der Waals surface area contributed by atoms with Gasteiger partial charge in [-0.1, -0.05) is 0 Å². The zero-order valence-corrected chi connectivity index (χ0v) is 15.1. The van der Waals surface area contributed by atoms with E-state index in [4.69, 9.17) is 4.98 Å². The molecule has 2 aromatic heterocycles. The number of aromatic nitrogens is 3. The lowest BCUT2D eigenvalue weighted by Crippen LogP contribution is -2.07. The number of benzene rings is 2. The molecule has 2 heterocycles. The van der Waals surface area contributed by atoms with Gasteiger partial charge >= 0.3 is 0 Å². The molecule has 27 heavy (non-hydrogen) atoms. The van der Waals surface area contributed by atoms with Crippen LogP contribution in [0.1, 0.15) is 0 Å². The van der Waals surface area contributed by atoms with E-state index in [9.17, 15) is 4.39 Å². The molecule has 4 rings (SSSR count). The monoisotopic (exact) mass is 358 g/mol. The summed E-state index contributed by atoms with van der Waals surface area (Å²) in [5.74, 6) is 0.505. The normalized spacial score (nSPS) is 10.8. The molecular formula is C22H19FN4. The highest BCUT2D eigenvalue weighted by Crippen LogP contribution is 2.33. The number of anilines is 1. The van der Waals surface area contributed by atoms with Crippen LogP contribution in [-0.2, 0) is 0 Å². The summed E-state index contributed by atoms with van der Waals surface area (Å²) in [6.45, 7) is 0. The van der Waals surface area contributed by atoms with E-state index >= 15 is 0 Å². The maximum atomic E-state index is 13.4. The van der Waals surface area contributed by atoms with Crippen molar-refractivity contribution >= 4 is 5.69 Å². The number of hydrogen-bond acceptors (Lipinski definition) is 3. The summed E-state index contributed by atoms with van der Waals surface area (Å²) in [4.78, 5) is 14.4. The predicted octanol–water partition coefficient (Wildman–Crippen LogP) is 5.01. The predicted molar refractivity (Wildman–Crippen MR) is 107 cm³/mol. The molecule has 4 aromatic rings. The molecule has 0 bridgehead atoms. The fraction of sp³-hybridized carbons (Fsp3) is 0.0909. The van der Waals surface area contributed by atoms with Gasteiger partial charge in [0, 0.05) is 48.9 Å². The Labute approximate surface area is 157 Å². The van der Waals surface area contributed by atoms with Gasteiger partial charge in [0.1, 0.15) is 11.6 Å². The maximum Gasteiger partial charge on any atom is 0.138 e. The SMILES string of the molecule is CN(C)c1ccc(-c2nc(-c3ccc(F)cc3)c(-c3ccncc3)[nH]2)cc1. The molecule has 0 amide bonds. The van der Waals surface area contributed by atoms with Gasteiger partial charge in [0.25, 0.3) is 0 Å². The molecule has 0 fully saturated rings. The number of nitrogens with zero attached hydrogens (tertiary/aromatic N) is 3. The molecule has 0 saturated carbocycles. The van der Waals surface area contributed by atoms with Gasteiger partial charge in [0.2, 0.25) is 0 Å². The molecule has 1 N–H and O–H groups in total. The van der Waals surface area contributed by atoms with E-state index in [2.05, 4.69) is 27.0 Å². The van der Waals surface area contributed by atoms with E-state index in [0.717, 1.165) is 39.6 Å². The lowest BCUT2D eigenvalue weighted by molar-refractivity contribution is 0.628. The van der Waals surface area contributed by atoms with Crippen LogP contribution in [0.2, 0.25) is 0 Å². The van der Waals surface area contributed by atoms with Crippen LogP contribution in [0.3, 0.4) is 0 Å². The maximum absolute atomic E-state index is 13.4. The lowest BCUT2D eigenvalue weighted by Gasteiger charge is -2.12. The molecule has 5 heteroatoms. The fourth-order valence-corrected chi connectivity index (χ4v) is 2.97. The number of H-pyrrole nitrogens is 1. The van der Waals surface area contributed by atoms with E-state index in [1.807, 2.05) is 38.4 Å². The van der Waals surface area contributed by atoms with Crippen LogP contribution >= 0.6 is 0 Å². The van der Waals surface area contributed by atoms with Crippen molar-refractivity contribution in [2.45, 2.75) is 0 Å². The summed E-state index contributed by atoms with van der Waals surface area (Å²) in [5, 5.41) is 0. The summed E-state index contributed by atoms with van der Waals surface area (Å²) in [6.07, 6.45) is 3.49. The third-order valence-corrected chi connectivity index (χ3v) is 4.45. The van der Waals surface area contributed by atoms with Crippen molar-refractivity contribution in [2.24, 2.45) is 0 Å². The van der Waals surface area contributed by atoms with Gasteiger partial charge in [-0.15, -0.1) is 0 Å². The van der Waals surface area contributed by atoms with Gasteiger partial charge in [0.05, 0.1) is 11.4 Å². The Hall–Kier alpha value is -3.47. The van der Waals surface area contributed by atoms with Crippen molar-refractivity contribution in [3.63, 3.8) is 0 Å². The Morgan fingerprint density at radius 3 is 2.04 bits per heavy atom. The first-order valence-corrected chi connectivity index (χ1v) is 8.66. The molecule has 0 aliphatic rings. The highest BCUT2D eigenvalue weighted by molar-refractivity contribution is 5.81. The zero-order chi connectivity index (χ0) is 18.8. The van der Waals surface area contributed by atoms with Crippen LogP contribution in [0.4, 0.5) is 10.1 Å². The minimum atomic E-state index is -0.265. The molecule has 2 aromatic carbocycles. The van der Waals surface area contributed by atoms with E-state index in [1.54, 1.807) is 24.5 Å². The summed E-state index contributed by atoms with van der Waals surface area (Å²) < 4.78 is 13.4. The highest BCUT2D eigenvalue weighted by atomic mass is 19.1. The Morgan fingerprint density at radius 2 is 1.41 bits per heavy atom. The highest BCUT2D eigenvalue weighted by Gasteiger charge is 2.15. The molecule has 0 atom stereocenters. The second-order valence-electron chi connectivity index (χ2n) is 6.49. The summed E-state index contributed by atoms with van der Waals surface area (Å²) in [6, 6.07) is 18.4. The number of imidazole rings is 1. The van der Waals surface area contributed by atoms with Crippen LogP contribution in [0.5, 0.6) is 0 Å². The van der Waals surface area contributed by atoms with Gasteiger partial charge in [0.15, 0.2) is 0 Å². The van der Waals surface area contributed by atoms with Crippen molar-refractivity contribution in [2.75, 3.05) is 19.0 Å². The Bertz CT molecular complexity index is 1040. The minimum absolute atomic E-state index is 0.265. The van der Waals surface area contributed by atoms with Crippen LogP contribution < -0.4 is 4.90 Å². The van der Waals surface area contributed by atoms with E-state index in [1.165, 1.54) is 12.1 Å². The summed E-state index contributed by atoms with van der Waals surface area (Å²) in [5.41, 5.74) is 5.62. The van der Waals surface area contributed by atoms with Crippen LogP contribution in [-0.4, -0.2) is 29.0 Å². The summed E-state index contributed by atoms with van der Waals surface area (Å²) in [7, 11) is 4.02. The molecule has 0 spiro atoms. The smallest absolute Gasteiger partial charge is 0.138 e. The molecule has 0 unspecified atom stereocenters. The third-order valence-electron chi connectivity index (χ3n) is 4.45. The van der Waals surface area contributed by atoms with E-state index < -0.39 is 0 Å². The van der Waals surface area contributed by atoms with E-state index in [0.29, 0.717) is 0 Å². The largest absolute Gasteiger partial charge is 0.378 e. The van der Waals surface area contributed by atoms with Gasteiger partial charge in [-0.25, -0.2) is 9.37 Å². The standard InChI is InChI=1S/C22H19FN4/c1-27(2)19-9-5-17(6-10-19)22-25-20(15-3-7-18(23)8-4-15)21(26-22)16-11-13-24-14-12-16/h3-14H,1-2H3,(H,25,26). The fourth-order valence-electron chi connectivity index (χ4n) is 2.97. The zero-order valence-electron chi connectivity index (χ0n) is 15.1. The number of nitrogens with one attached hydrogen (secondary N) is 1. The number of aromatic amines is 1. The number of rotatable bonds is 4. The molecule has 134 valence electrons. The Kier molecular flexibility index (Phi) is 4.42. The number of hydrogen-bond donors (Lipinski definition) is 1. The molecule has 4 nitrogen and oxygen atoms in total. The van der Waals surface area contributed by atoms with Crippen LogP contribution in [0, 0.1) is 5.82 Å². The first-order chi connectivity index (χ1) is 13.1. The quantitative estimate of drug-likeness (QED) is 0.558. The topological polar surface area (TPSA) is 44.8 Å². The van der Waals surface area contributed by atoms with Crippen molar-refractivity contribution in [3.8, 4) is 33.9 Å². The van der Waals surface area contributed by atoms with Gasteiger partial charge in [-0.05, 0) is 60.7 Å². The van der Waals surface area contributed by atoms with Crippen LogP contribution in [0.25, 0.3) is 33.9 Å². The minimum Gasteiger partial charge on any atom is -0.378 e. The number of pyridine rings is 1. The van der Waals surface area contributed by atoms with Gasteiger partial charge < -0.3 is 9.88 Å². The molecule has 0 aliphatic carbocycles. The second kappa shape index (κ2) is 7.03. The molecular weight excluding hydrogens is 339 g/mol. The molecule has 0 saturated heterocycles. The first-order valence-electron chi connectivity index (χ1n) is 8.66. The molecule has 0 aliphatic heterocycles. The summed E-state index contributed by atoms with van der Waals surface area (Å²) >= 11 is 0. The number of halogens is 1. The average Bonchev–Trinajstić information content (AvgIpc) is 3.15. The van der Waals surface area contributed by atoms with Crippen molar-refractivity contribution in [1.82, 2.24) is 15.0 Å². The average molecular weight is 358 g/mol. The first kappa shape index (κ1) is 17.0. The van der Waals surface area contributed by atoms with Crippen LogP contribution in [0.15, 0.2) is 73.1 Å². The van der Waals surface area contributed by atoms with Gasteiger partial charge in [-0.2, -0.15) is 0 Å². The lowest BCUT2D eigenvalue weighted by atomic mass is 10.1. The van der Waals surface area contributed by atoms with Crippen molar-refractivity contribution in [1.29, 1.82) is 0 Å². The third kappa shape index (κ3) is 3.44. The Morgan fingerprint density at radius 1 is 0.778 bits per heavy atom. The molecule has 0 radical (unpaired) electrons. The Balaban J connectivity index is 1.83. The van der Waals surface area contributed by atoms with E-state index in [-0.39, 0.29) is 5.82 Å².